The van der Waals surface area contributed by atoms with Gasteiger partial charge in [-0.25, -0.2) is 19.6 Å². The molecule has 0 unspecified atom stereocenters. The minimum Gasteiger partial charge on any atom is -0.336 e. The van der Waals surface area contributed by atoms with Crippen LogP contribution in [0.5, 0.6) is 0 Å². The Balaban J connectivity index is 2.80. The summed E-state index contributed by atoms with van der Waals surface area (Å²) in [4.78, 5) is 11.6. The highest BCUT2D eigenvalue weighted by Gasteiger charge is 2.06. The normalized spacial score (nSPS) is 10.4. The van der Waals surface area contributed by atoms with Crippen LogP contribution in [-0.2, 0) is 0 Å². The van der Waals surface area contributed by atoms with Gasteiger partial charge in [0.25, 0.3) is 0 Å². The van der Waals surface area contributed by atoms with Crippen LogP contribution < -0.4 is 5.84 Å². The van der Waals surface area contributed by atoms with Crippen molar-refractivity contribution < 1.29 is 0 Å². The maximum atomic E-state index is 5.45. The molecule has 0 saturated carbocycles. The van der Waals surface area contributed by atoms with E-state index < -0.39 is 0 Å². The van der Waals surface area contributed by atoms with Crippen LogP contribution >= 0.6 is 0 Å². The molecule has 0 aromatic rings. The van der Waals surface area contributed by atoms with E-state index in [1.165, 1.54) is 17.3 Å². The average Bonchev–Trinajstić information content (AvgIpc) is 2.36. The highest BCUT2D eigenvalue weighted by Crippen LogP contribution is 2.10. The summed E-state index contributed by atoms with van der Waals surface area (Å²) in [5, 5.41) is 0. The lowest BCUT2D eigenvalue weighted by Crippen LogP contribution is -2.12. The van der Waals surface area contributed by atoms with E-state index in [4.69, 9.17) is 5.84 Å². The lowest BCUT2D eigenvalue weighted by Gasteiger charge is -1.99. The minimum absolute atomic E-state index is 0.648. The molecule has 0 amide bonds. The van der Waals surface area contributed by atoms with Crippen LogP contribution in [0.4, 0.5) is 0 Å². The van der Waals surface area contributed by atoms with Gasteiger partial charge in [0.05, 0.1) is 6.20 Å². The zero-order valence-corrected chi connectivity index (χ0v) is 5.10. The molecular formula is C5H5N5. The molecule has 0 radical (unpaired) electrons. The monoisotopic (exact) mass is 135 g/mol. The van der Waals surface area contributed by atoms with E-state index in [2.05, 4.69) is 15.0 Å². The predicted octanol–water partition coefficient (Wildman–Crippen LogP) is -0.508. The molecule has 5 heteroatoms. The minimum atomic E-state index is 0.648. The number of hydrogen-bond donors (Lipinski definition) is 1. The summed E-state index contributed by atoms with van der Waals surface area (Å²) in [6.07, 6.45) is 4.55. The molecule has 2 rings (SSSR count). The Kier molecular flexibility index (Phi) is 0.858. The van der Waals surface area contributed by atoms with Gasteiger partial charge in [-0.3, -0.25) is 0 Å². The molecule has 5 nitrogen and oxygen atoms in total. The van der Waals surface area contributed by atoms with Gasteiger partial charge in [-0.2, -0.15) is 0 Å². The number of imidazole rings is 1. The summed E-state index contributed by atoms with van der Waals surface area (Å²) in [6, 6.07) is 0. The second kappa shape index (κ2) is 1.66. The number of aromatic nitrogens is 4. The Morgan fingerprint density at radius 2 is 2.30 bits per heavy atom. The maximum absolute atomic E-state index is 5.45. The van der Waals surface area contributed by atoms with Crippen molar-refractivity contribution in [1.29, 1.82) is 0 Å². The van der Waals surface area contributed by atoms with Gasteiger partial charge in [0.1, 0.15) is 18.3 Å². The molecule has 0 fully saturated rings. The first-order valence-corrected chi connectivity index (χ1v) is 2.76. The Morgan fingerprint density at radius 3 is 3.10 bits per heavy atom. The number of rotatable bonds is 0. The fourth-order valence-corrected chi connectivity index (χ4v) is 0.790. The maximum Gasteiger partial charge on any atom is 0.181 e. The third kappa shape index (κ3) is 0.540. The largest absolute Gasteiger partial charge is 0.336 e. The van der Waals surface area contributed by atoms with Crippen molar-refractivity contribution in [3.8, 4) is 11.5 Å². The second-order valence-corrected chi connectivity index (χ2v) is 1.88. The summed E-state index contributed by atoms with van der Waals surface area (Å²) in [5.74, 6) is 6.10. The summed E-state index contributed by atoms with van der Waals surface area (Å²) in [5.41, 5.74) is 0.713. The van der Waals surface area contributed by atoms with Crippen molar-refractivity contribution in [3.63, 3.8) is 0 Å². The van der Waals surface area contributed by atoms with Crippen molar-refractivity contribution >= 4 is 0 Å². The molecule has 2 N–H and O–H groups in total. The lowest BCUT2D eigenvalue weighted by atomic mass is 10.4. The van der Waals surface area contributed by atoms with Gasteiger partial charge in [0, 0.05) is 0 Å². The topological polar surface area (TPSA) is 69.6 Å². The molecule has 0 aromatic carbocycles. The van der Waals surface area contributed by atoms with Gasteiger partial charge in [-0.05, 0) is 0 Å². The first-order valence-electron chi connectivity index (χ1n) is 2.76. The van der Waals surface area contributed by atoms with Crippen LogP contribution in [0.1, 0.15) is 0 Å². The van der Waals surface area contributed by atoms with Gasteiger partial charge in [-0.1, -0.05) is 0 Å². The molecule has 0 atom stereocenters. The Hall–Kier alpha value is -1.65. The fourth-order valence-electron chi connectivity index (χ4n) is 0.790. The fraction of sp³-hybridized carbons (Fsp3) is 0. The van der Waals surface area contributed by atoms with Crippen LogP contribution in [0.2, 0.25) is 0 Å². The molecule has 2 heterocycles. The van der Waals surface area contributed by atoms with Crippen LogP contribution in [-0.4, -0.2) is 19.6 Å². The Labute approximate surface area is 56.9 Å². The standard InChI is InChI=1S/C5H5N5/c6-10-3-7-1-4-5(10)9-2-8-4/h1-3H,6H2. The zero-order chi connectivity index (χ0) is 6.97. The molecular weight excluding hydrogens is 130 g/mol. The van der Waals surface area contributed by atoms with Crippen molar-refractivity contribution in [2.24, 2.45) is 0 Å². The SMILES string of the molecule is Nn1cncc2ncnc1-2. The predicted molar refractivity (Wildman–Crippen MR) is 34.6 cm³/mol. The van der Waals surface area contributed by atoms with E-state index in [1.54, 1.807) is 6.20 Å². The van der Waals surface area contributed by atoms with E-state index in [0.29, 0.717) is 11.5 Å². The Morgan fingerprint density at radius 1 is 1.40 bits per heavy atom. The van der Waals surface area contributed by atoms with Crippen molar-refractivity contribution in [1.82, 2.24) is 19.6 Å². The van der Waals surface area contributed by atoms with Gasteiger partial charge in [-0.15, -0.1) is 0 Å². The molecule has 50 valence electrons. The summed E-state index contributed by atoms with van der Waals surface area (Å²) < 4.78 is 1.34. The van der Waals surface area contributed by atoms with Crippen LogP contribution in [0, 0.1) is 0 Å². The van der Waals surface area contributed by atoms with E-state index in [0.717, 1.165) is 0 Å². The molecule has 0 spiro atoms. The third-order valence-electron chi connectivity index (χ3n) is 1.24. The van der Waals surface area contributed by atoms with E-state index in [-0.39, 0.29) is 0 Å². The van der Waals surface area contributed by atoms with Crippen molar-refractivity contribution in [2.45, 2.75) is 0 Å². The van der Waals surface area contributed by atoms with Crippen LogP contribution in [0.3, 0.4) is 0 Å². The van der Waals surface area contributed by atoms with Gasteiger partial charge < -0.3 is 5.84 Å². The molecule has 2 aliphatic heterocycles. The van der Waals surface area contributed by atoms with Gasteiger partial charge in [0.15, 0.2) is 5.82 Å². The van der Waals surface area contributed by atoms with Crippen LogP contribution in [0.25, 0.3) is 11.5 Å². The summed E-state index contributed by atoms with van der Waals surface area (Å²) in [6.45, 7) is 0. The summed E-state index contributed by atoms with van der Waals surface area (Å²) in [7, 11) is 0. The average molecular weight is 135 g/mol. The second-order valence-electron chi connectivity index (χ2n) is 1.88. The highest BCUT2D eigenvalue weighted by atomic mass is 15.3. The molecule has 0 aliphatic carbocycles. The molecule has 0 aromatic heterocycles. The van der Waals surface area contributed by atoms with E-state index in [1.807, 2.05) is 0 Å². The number of fused-ring (bicyclic) bond motifs is 1. The third-order valence-corrected chi connectivity index (χ3v) is 1.24. The molecule has 0 saturated heterocycles. The van der Waals surface area contributed by atoms with E-state index in [9.17, 15) is 0 Å². The molecule has 0 bridgehead atoms. The molecule has 2 aliphatic rings. The quantitative estimate of drug-likeness (QED) is 0.494. The van der Waals surface area contributed by atoms with Gasteiger partial charge in [0.2, 0.25) is 0 Å². The highest BCUT2D eigenvalue weighted by molar-refractivity contribution is 5.48. The van der Waals surface area contributed by atoms with Crippen molar-refractivity contribution in [2.75, 3.05) is 5.84 Å². The number of nitrogens with zero attached hydrogens (tertiary/aromatic N) is 4. The van der Waals surface area contributed by atoms with Gasteiger partial charge >= 0.3 is 0 Å². The Bertz CT molecular complexity index is 314. The summed E-state index contributed by atoms with van der Waals surface area (Å²) >= 11 is 0. The number of nitrogens with two attached hydrogens (primary N) is 1. The molecule has 10 heavy (non-hydrogen) atoms. The lowest BCUT2D eigenvalue weighted by molar-refractivity contribution is 0.917. The van der Waals surface area contributed by atoms with Crippen LogP contribution in [0.15, 0.2) is 18.9 Å². The van der Waals surface area contributed by atoms with Crippen molar-refractivity contribution in [3.05, 3.63) is 18.9 Å². The number of nitrogen functional groups attached to an aromatic ring is 1. The first kappa shape index (κ1) is 5.16. The first-order chi connectivity index (χ1) is 4.88. The smallest absolute Gasteiger partial charge is 0.181 e. The zero-order valence-electron chi connectivity index (χ0n) is 5.10. The number of hydrogen-bond acceptors (Lipinski definition) is 4. The van der Waals surface area contributed by atoms with E-state index >= 15 is 0 Å².